The largest absolute Gasteiger partial charge is 0.357 e. The molecule has 1 heterocycles. The van der Waals surface area contributed by atoms with Crippen molar-refractivity contribution in [2.24, 2.45) is 4.99 Å². The minimum Gasteiger partial charge on any atom is -0.357 e. The van der Waals surface area contributed by atoms with Gasteiger partial charge in [-0.15, -0.1) is 24.0 Å². The van der Waals surface area contributed by atoms with E-state index in [2.05, 4.69) is 29.8 Å². The van der Waals surface area contributed by atoms with Crippen LogP contribution < -0.4 is 16.0 Å². The van der Waals surface area contributed by atoms with E-state index in [4.69, 9.17) is 4.99 Å². The number of thioether (sulfide) groups is 1. The van der Waals surface area contributed by atoms with Gasteiger partial charge < -0.3 is 16.0 Å². The van der Waals surface area contributed by atoms with E-state index in [1.807, 2.05) is 56.8 Å². The molecule has 0 radical (unpaired) electrons. The SMILES string of the molecule is CCNC(=NCc1cccc(C(=O)NC(C)(C)C)c1)NCC1(C)CCCS1.I. The molecule has 1 aromatic carbocycles. The fraction of sp³-hybridized carbons (Fsp3) is 0.619. The summed E-state index contributed by atoms with van der Waals surface area (Å²) < 4.78 is 0.293. The molecule has 1 fully saturated rings. The van der Waals surface area contributed by atoms with E-state index in [9.17, 15) is 4.79 Å². The predicted octanol–water partition coefficient (Wildman–Crippen LogP) is 4.17. The van der Waals surface area contributed by atoms with Gasteiger partial charge in [0.05, 0.1) is 6.54 Å². The highest BCUT2D eigenvalue weighted by Crippen LogP contribution is 2.36. The lowest BCUT2D eigenvalue weighted by atomic mass is 10.1. The molecular formula is C21H35IN4OS. The number of carbonyl (C=O) groups is 1. The predicted molar refractivity (Wildman–Crippen MR) is 132 cm³/mol. The van der Waals surface area contributed by atoms with E-state index < -0.39 is 0 Å². The van der Waals surface area contributed by atoms with Gasteiger partial charge in [-0.25, -0.2) is 4.99 Å². The van der Waals surface area contributed by atoms with Crippen molar-refractivity contribution in [1.29, 1.82) is 0 Å². The number of hydrogen-bond donors (Lipinski definition) is 3. The fourth-order valence-corrected chi connectivity index (χ4v) is 4.23. The van der Waals surface area contributed by atoms with Gasteiger partial charge in [-0.05, 0) is 70.9 Å². The average Bonchev–Trinajstić information content (AvgIpc) is 3.03. The third-order valence-corrected chi connectivity index (χ3v) is 5.91. The smallest absolute Gasteiger partial charge is 0.251 e. The van der Waals surface area contributed by atoms with Gasteiger partial charge in [-0.1, -0.05) is 12.1 Å². The molecule has 28 heavy (non-hydrogen) atoms. The summed E-state index contributed by atoms with van der Waals surface area (Å²) in [5.41, 5.74) is 1.45. The average molecular weight is 519 g/mol. The van der Waals surface area contributed by atoms with Gasteiger partial charge in [0.25, 0.3) is 5.91 Å². The third-order valence-electron chi connectivity index (χ3n) is 4.37. The molecule has 0 saturated carbocycles. The van der Waals surface area contributed by atoms with Crippen LogP contribution in [0.3, 0.4) is 0 Å². The summed E-state index contributed by atoms with van der Waals surface area (Å²) in [5, 5.41) is 9.80. The van der Waals surface area contributed by atoms with Gasteiger partial charge >= 0.3 is 0 Å². The Bertz CT molecular complexity index is 667. The molecule has 1 unspecified atom stereocenters. The number of halogens is 1. The van der Waals surface area contributed by atoms with Crippen LogP contribution in [0, 0.1) is 0 Å². The van der Waals surface area contributed by atoms with Crippen LogP contribution >= 0.6 is 35.7 Å². The Balaban J connectivity index is 0.00000392. The Morgan fingerprint density at radius 3 is 2.64 bits per heavy atom. The summed E-state index contributed by atoms with van der Waals surface area (Å²) in [7, 11) is 0. The molecule has 1 aliphatic rings. The highest BCUT2D eigenvalue weighted by Gasteiger charge is 2.29. The van der Waals surface area contributed by atoms with Crippen molar-refractivity contribution in [1.82, 2.24) is 16.0 Å². The maximum Gasteiger partial charge on any atom is 0.251 e. The topological polar surface area (TPSA) is 65.5 Å². The monoisotopic (exact) mass is 518 g/mol. The second-order valence-electron chi connectivity index (χ2n) is 8.36. The zero-order valence-electron chi connectivity index (χ0n) is 17.7. The number of amides is 1. The quantitative estimate of drug-likeness (QED) is 0.301. The van der Waals surface area contributed by atoms with Crippen molar-refractivity contribution in [3.05, 3.63) is 35.4 Å². The maximum absolute atomic E-state index is 12.4. The molecule has 1 amide bonds. The first-order chi connectivity index (χ1) is 12.7. The van der Waals surface area contributed by atoms with Gasteiger partial charge in [0.1, 0.15) is 0 Å². The van der Waals surface area contributed by atoms with Crippen LogP contribution in [0.25, 0.3) is 0 Å². The van der Waals surface area contributed by atoms with E-state index >= 15 is 0 Å². The van der Waals surface area contributed by atoms with Crippen LogP contribution in [0.5, 0.6) is 0 Å². The number of rotatable bonds is 6. The molecule has 7 heteroatoms. The normalized spacial score (nSPS) is 19.7. The van der Waals surface area contributed by atoms with Crippen LogP contribution in [0.4, 0.5) is 0 Å². The number of carbonyl (C=O) groups excluding carboxylic acids is 1. The van der Waals surface area contributed by atoms with Crippen LogP contribution in [0.15, 0.2) is 29.3 Å². The Labute approximate surface area is 191 Å². The van der Waals surface area contributed by atoms with Crippen LogP contribution in [0.2, 0.25) is 0 Å². The van der Waals surface area contributed by atoms with Crippen molar-refractivity contribution >= 4 is 47.6 Å². The van der Waals surface area contributed by atoms with Gasteiger partial charge in [0, 0.05) is 28.9 Å². The zero-order valence-corrected chi connectivity index (χ0v) is 20.9. The summed E-state index contributed by atoms with van der Waals surface area (Å²) in [4.78, 5) is 17.1. The van der Waals surface area contributed by atoms with Crippen LogP contribution in [-0.4, -0.2) is 41.0 Å². The van der Waals surface area contributed by atoms with Crippen molar-refractivity contribution in [3.63, 3.8) is 0 Å². The van der Waals surface area contributed by atoms with E-state index in [0.717, 1.165) is 24.6 Å². The summed E-state index contributed by atoms with van der Waals surface area (Å²) >= 11 is 2.04. The highest BCUT2D eigenvalue weighted by atomic mass is 127. The fourth-order valence-electron chi connectivity index (χ4n) is 2.98. The Kier molecular flexibility index (Phi) is 10.1. The lowest BCUT2D eigenvalue weighted by molar-refractivity contribution is 0.0919. The molecule has 0 aromatic heterocycles. The number of aliphatic imine (C=N–C) groups is 1. The van der Waals surface area contributed by atoms with Crippen molar-refractivity contribution in [2.45, 2.75) is 64.3 Å². The minimum absolute atomic E-state index is 0. The molecule has 1 atom stereocenters. The van der Waals surface area contributed by atoms with Crippen molar-refractivity contribution < 1.29 is 4.79 Å². The number of nitrogens with zero attached hydrogens (tertiary/aromatic N) is 1. The number of nitrogens with one attached hydrogen (secondary N) is 3. The van der Waals surface area contributed by atoms with Crippen molar-refractivity contribution in [2.75, 3.05) is 18.8 Å². The standard InChI is InChI=1S/C21H34N4OS.HI/c1-6-22-19(24-15-21(5)11-8-12-27-21)23-14-16-9-7-10-17(13-16)18(26)25-20(2,3)4;/h7,9-10,13H,6,8,11-12,14-15H2,1-5H3,(H,25,26)(H2,22,23,24);1H. The highest BCUT2D eigenvalue weighted by molar-refractivity contribution is 14.0. The van der Waals surface area contributed by atoms with E-state index in [1.165, 1.54) is 18.6 Å². The third kappa shape index (κ3) is 8.59. The molecule has 0 bridgehead atoms. The van der Waals surface area contributed by atoms with Gasteiger partial charge in [-0.2, -0.15) is 11.8 Å². The second kappa shape index (κ2) is 11.3. The van der Waals surface area contributed by atoms with E-state index in [0.29, 0.717) is 16.9 Å². The van der Waals surface area contributed by atoms with Gasteiger partial charge in [0.2, 0.25) is 0 Å². The lowest BCUT2D eigenvalue weighted by Gasteiger charge is -2.24. The first-order valence-corrected chi connectivity index (χ1v) is 10.8. The molecule has 158 valence electrons. The molecule has 2 rings (SSSR count). The van der Waals surface area contributed by atoms with E-state index in [1.54, 1.807) is 0 Å². The molecule has 1 saturated heterocycles. The Hall–Kier alpha value is -0.960. The van der Waals surface area contributed by atoms with Gasteiger partial charge in [0.15, 0.2) is 5.96 Å². The molecule has 3 N–H and O–H groups in total. The molecule has 5 nitrogen and oxygen atoms in total. The zero-order chi connectivity index (χ0) is 19.9. The first-order valence-electron chi connectivity index (χ1n) is 9.78. The minimum atomic E-state index is -0.248. The summed E-state index contributed by atoms with van der Waals surface area (Å²) in [6.07, 6.45) is 2.54. The molecule has 0 spiro atoms. The number of guanidine groups is 1. The van der Waals surface area contributed by atoms with Crippen LogP contribution in [0.1, 0.15) is 63.4 Å². The second-order valence-corrected chi connectivity index (χ2v) is 10.0. The van der Waals surface area contributed by atoms with E-state index in [-0.39, 0.29) is 35.4 Å². The summed E-state index contributed by atoms with van der Waals surface area (Å²) in [6, 6.07) is 7.69. The van der Waals surface area contributed by atoms with Crippen LogP contribution in [-0.2, 0) is 6.54 Å². The Morgan fingerprint density at radius 2 is 2.04 bits per heavy atom. The molecule has 1 aromatic rings. The molecular weight excluding hydrogens is 483 g/mol. The Morgan fingerprint density at radius 1 is 1.29 bits per heavy atom. The maximum atomic E-state index is 12.4. The molecule has 0 aliphatic carbocycles. The first kappa shape index (κ1) is 25.1. The van der Waals surface area contributed by atoms with Gasteiger partial charge in [-0.3, -0.25) is 4.79 Å². The summed E-state index contributed by atoms with van der Waals surface area (Å²) in [5.74, 6) is 2.02. The number of benzene rings is 1. The summed E-state index contributed by atoms with van der Waals surface area (Å²) in [6.45, 7) is 12.6. The number of hydrogen-bond acceptors (Lipinski definition) is 3. The van der Waals surface area contributed by atoms with Crippen molar-refractivity contribution in [3.8, 4) is 0 Å². The molecule has 1 aliphatic heterocycles. The lowest BCUT2D eigenvalue weighted by Crippen LogP contribution is -2.43.